The Morgan fingerprint density at radius 1 is 1.29 bits per heavy atom. The van der Waals surface area contributed by atoms with Gasteiger partial charge >= 0.3 is 0 Å². The van der Waals surface area contributed by atoms with E-state index in [1.54, 1.807) is 13.2 Å². The first-order valence-corrected chi connectivity index (χ1v) is 7.88. The summed E-state index contributed by atoms with van der Waals surface area (Å²) < 4.78 is 24.9. The molecule has 0 saturated heterocycles. The smallest absolute Gasteiger partial charge is 0.123 e. The molecule has 1 aromatic carbocycles. The lowest BCUT2D eigenvalue weighted by molar-refractivity contribution is -0.0103. The van der Waals surface area contributed by atoms with E-state index >= 15 is 0 Å². The number of halogens is 1. The zero-order valence-electron chi connectivity index (χ0n) is 13.0. The van der Waals surface area contributed by atoms with Gasteiger partial charge in [-0.2, -0.15) is 0 Å². The van der Waals surface area contributed by atoms with E-state index in [1.807, 2.05) is 6.92 Å². The maximum atomic E-state index is 13.6. The molecule has 3 nitrogen and oxygen atoms in total. The summed E-state index contributed by atoms with van der Waals surface area (Å²) in [5.41, 5.74) is 7.13. The molecule has 0 heterocycles. The van der Waals surface area contributed by atoms with E-state index in [0.29, 0.717) is 23.8 Å². The zero-order chi connectivity index (χ0) is 15.2. The summed E-state index contributed by atoms with van der Waals surface area (Å²) in [7, 11) is 1.58. The molecule has 2 unspecified atom stereocenters. The molecular formula is C17H26FNO2. The highest BCUT2D eigenvalue weighted by Crippen LogP contribution is 2.36. The first-order chi connectivity index (χ1) is 10.2. The molecule has 2 rings (SSSR count). The van der Waals surface area contributed by atoms with Crippen LogP contribution in [0.3, 0.4) is 0 Å². The average Bonchev–Trinajstić information content (AvgIpc) is 2.52. The van der Waals surface area contributed by atoms with E-state index < -0.39 is 0 Å². The van der Waals surface area contributed by atoms with Gasteiger partial charge in [-0.15, -0.1) is 0 Å². The van der Waals surface area contributed by atoms with Gasteiger partial charge in [-0.25, -0.2) is 4.39 Å². The molecule has 118 valence electrons. The topological polar surface area (TPSA) is 44.5 Å². The average molecular weight is 295 g/mol. The van der Waals surface area contributed by atoms with Gasteiger partial charge in [-0.3, -0.25) is 0 Å². The predicted octanol–water partition coefficient (Wildman–Crippen LogP) is 3.82. The monoisotopic (exact) mass is 295 g/mol. The van der Waals surface area contributed by atoms with Crippen LogP contribution in [0.2, 0.25) is 0 Å². The first kappa shape index (κ1) is 16.2. The summed E-state index contributed by atoms with van der Waals surface area (Å²) in [4.78, 5) is 0. The first-order valence-electron chi connectivity index (χ1n) is 7.88. The van der Waals surface area contributed by atoms with Crippen molar-refractivity contribution in [2.75, 3.05) is 13.7 Å². The Hall–Kier alpha value is -1.13. The Bertz CT molecular complexity index is 446. The number of hydrogen-bond donors (Lipinski definition) is 1. The van der Waals surface area contributed by atoms with Crippen molar-refractivity contribution in [3.05, 3.63) is 29.6 Å². The van der Waals surface area contributed by atoms with Crippen LogP contribution in [0.1, 0.15) is 50.6 Å². The van der Waals surface area contributed by atoms with Crippen molar-refractivity contribution < 1.29 is 13.9 Å². The van der Waals surface area contributed by atoms with E-state index in [0.717, 1.165) is 12.8 Å². The second-order valence-corrected chi connectivity index (χ2v) is 5.73. The fourth-order valence-electron chi connectivity index (χ4n) is 3.33. The molecule has 0 spiro atoms. The molecule has 1 fully saturated rings. The van der Waals surface area contributed by atoms with Crippen molar-refractivity contribution in [2.45, 2.75) is 51.2 Å². The van der Waals surface area contributed by atoms with Crippen LogP contribution in [-0.4, -0.2) is 19.8 Å². The molecule has 0 amide bonds. The standard InChI is InChI=1S/C17H26FNO2/c1-3-21-17(12-7-5-4-6-8-12)16(19)14-11-13(18)9-10-15(14)20-2/h9-12,16-17H,3-8,19H2,1-2H3. The summed E-state index contributed by atoms with van der Waals surface area (Å²) in [6.45, 7) is 2.60. The van der Waals surface area contributed by atoms with Crippen molar-refractivity contribution >= 4 is 0 Å². The van der Waals surface area contributed by atoms with E-state index in [-0.39, 0.29) is 18.0 Å². The van der Waals surface area contributed by atoms with Crippen LogP contribution in [0.25, 0.3) is 0 Å². The SMILES string of the molecule is CCOC(C1CCCCC1)C(N)c1cc(F)ccc1OC. The highest BCUT2D eigenvalue weighted by Gasteiger charge is 2.31. The summed E-state index contributed by atoms with van der Waals surface area (Å²) in [5.74, 6) is 0.784. The lowest BCUT2D eigenvalue weighted by atomic mass is 9.81. The molecule has 0 aromatic heterocycles. The molecule has 1 aliphatic carbocycles. The van der Waals surface area contributed by atoms with Gasteiger partial charge in [0, 0.05) is 12.2 Å². The minimum Gasteiger partial charge on any atom is -0.496 e. The number of nitrogens with two attached hydrogens (primary N) is 1. The minimum absolute atomic E-state index is 0.0778. The zero-order valence-corrected chi connectivity index (χ0v) is 13.0. The number of rotatable bonds is 6. The van der Waals surface area contributed by atoms with Crippen LogP contribution in [-0.2, 0) is 4.74 Å². The Balaban J connectivity index is 2.24. The fraction of sp³-hybridized carbons (Fsp3) is 0.647. The molecule has 21 heavy (non-hydrogen) atoms. The third kappa shape index (κ3) is 3.95. The van der Waals surface area contributed by atoms with Crippen LogP contribution < -0.4 is 10.5 Å². The van der Waals surface area contributed by atoms with Gasteiger partial charge in [-0.1, -0.05) is 19.3 Å². The van der Waals surface area contributed by atoms with Crippen molar-refractivity contribution in [2.24, 2.45) is 11.7 Å². The highest BCUT2D eigenvalue weighted by atomic mass is 19.1. The molecule has 0 aliphatic heterocycles. The second-order valence-electron chi connectivity index (χ2n) is 5.73. The molecule has 2 N–H and O–H groups in total. The highest BCUT2D eigenvalue weighted by molar-refractivity contribution is 5.37. The van der Waals surface area contributed by atoms with Crippen LogP contribution >= 0.6 is 0 Å². The van der Waals surface area contributed by atoms with Crippen molar-refractivity contribution in [1.29, 1.82) is 0 Å². The van der Waals surface area contributed by atoms with Crippen LogP contribution in [0, 0.1) is 11.7 Å². The van der Waals surface area contributed by atoms with E-state index in [4.69, 9.17) is 15.2 Å². The largest absolute Gasteiger partial charge is 0.496 e. The Morgan fingerprint density at radius 2 is 2.00 bits per heavy atom. The van der Waals surface area contributed by atoms with Crippen LogP contribution in [0.5, 0.6) is 5.75 Å². The van der Waals surface area contributed by atoms with Gasteiger partial charge < -0.3 is 15.2 Å². The van der Waals surface area contributed by atoms with E-state index in [1.165, 1.54) is 31.4 Å². The predicted molar refractivity (Wildman–Crippen MR) is 81.9 cm³/mol. The van der Waals surface area contributed by atoms with Gasteiger partial charge in [0.2, 0.25) is 0 Å². The third-order valence-electron chi connectivity index (χ3n) is 4.38. The second kappa shape index (κ2) is 7.76. The maximum absolute atomic E-state index is 13.6. The Labute approximate surface area is 126 Å². The lowest BCUT2D eigenvalue weighted by Gasteiger charge is -2.34. The minimum atomic E-state index is -0.362. The molecule has 1 aromatic rings. The number of ether oxygens (including phenoxy) is 2. The quantitative estimate of drug-likeness (QED) is 0.867. The molecule has 0 bridgehead atoms. The third-order valence-corrected chi connectivity index (χ3v) is 4.38. The Morgan fingerprint density at radius 3 is 2.62 bits per heavy atom. The van der Waals surface area contributed by atoms with Crippen LogP contribution in [0.4, 0.5) is 4.39 Å². The molecular weight excluding hydrogens is 269 g/mol. The van der Waals surface area contributed by atoms with Gasteiger partial charge in [0.15, 0.2) is 0 Å². The van der Waals surface area contributed by atoms with E-state index in [9.17, 15) is 4.39 Å². The van der Waals surface area contributed by atoms with Gasteiger partial charge in [0.1, 0.15) is 11.6 Å². The summed E-state index contributed by atoms with van der Waals surface area (Å²) >= 11 is 0. The number of hydrogen-bond acceptors (Lipinski definition) is 3. The van der Waals surface area contributed by atoms with Gasteiger partial charge in [0.25, 0.3) is 0 Å². The summed E-state index contributed by atoms with van der Waals surface area (Å²) in [6.07, 6.45) is 5.92. The summed E-state index contributed by atoms with van der Waals surface area (Å²) in [5, 5.41) is 0. The normalized spacial score (nSPS) is 19.2. The van der Waals surface area contributed by atoms with Crippen LogP contribution in [0.15, 0.2) is 18.2 Å². The molecule has 0 radical (unpaired) electrons. The lowest BCUT2D eigenvalue weighted by Crippen LogP contribution is -2.37. The fourth-order valence-corrected chi connectivity index (χ4v) is 3.33. The molecule has 4 heteroatoms. The molecule has 1 aliphatic rings. The maximum Gasteiger partial charge on any atom is 0.123 e. The van der Waals surface area contributed by atoms with Crippen molar-refractivity contribution in [1.82, 2.24) is 0 Å². The molecule has 2 atom stereocenters. The van der Waals surface area contributed by atoms with Gasteiger partial charge in [0.05, 0.1) is 19.3 Å². The van der Waals surface area contributed by atoms with Gasteiger partial charge in [-0.05, 0) is 43.9 Å². The summed E-state index contributed by atoms with van der Waals surface area (Å²) in [6, 6.07) is 4.14. The van der Waals surface area contributed by atoms with E-state index in [2.05, 4.69) is 0 Å². The molecule has 1 saturated carbocycles. The number of benzene rings is 1. The van der Waals surface area contributed by atoms with Crippen molar-refractivity contribution in [3.63, 3.8) is 0 Å². The number of methoxy groups -OCH3 is 1. The Kier molecular flexibility index (Phi) is 6.00. The van der Waals surface area contributed by atoms with Crippen molar-refractivity contribution in [3.8, 4) is 5.75 Å².